The van der Waals surface area contributed by atoms with Gasteiger partial charge in [-0.15, -0.1) is 0 Å². The van der Waals surface area contributed by atoms with Crippen molar-refractivity contribution in [2.24, 2.45) is 11.3 Å². The number of carbonyl (C=O) groups is 1. The molecule has 4 nitrogen and oxygen atoms in total. The van der Waals surface area contributed by atoms with Crippen LogP contribution in [0.5, 0.6) is 0 Å². The van der Waals surface area contributed by atoms with E-state index in [0.717, 1.165) is 51.8 Å². The highest BCUT2D eigenvalue weighted by Crippen LogP contribution is 2.40. The van der Waals surface area contributed by atoms with E-state index in [0.29, 0.717) is 24.9 Å². The average molecular weight is 293 g/mol. The average Bonchev–Trinajstić information content (AvgIpc) is 2.99. The quantitative estimate of drug-likeness (QED) is 0.747. The summed E-state index contributed by atoms with van der Waals surface area (Å²) in [5, 5.41) is 0. The Bertz CT molecular complexity index is 405. The van der Waals surface area contributed by atoms with E-state index in [1.165, 1.54) is 0 Å². The van der Waals surface area contributed by atoms with Gasteiger partial charge >= 0.3 is 0 Å². The van der Waals surface area contributed by atoms with Gasteiger partial charge in [0.15, 0.2) is 0 Å². The Morgan fingerprint density at radius 1 is 1.48 bits per heavy atom. The molecule has 3 unspecified atom stereocenters. The van der Waals surface area contributed by atoms with Gasteiger partial charge in [0.05, 0.1) is 12.7 Å². The summed E-state index contributed by atoms with van der Waals surface area (Å²) < 4.78 is 11.4. The molecule has 21 heavy (non-hydrogen) atoms. The Morgan fingerprint density at radius 3 is 3.14 bits per heavy atom. The highest BCUT2D eigenvalue weighted by molar-refractivity contribution is 5.77. The number of fused-ring (bicyclic) bond motifs is 1. The van der Waals surface area contributed by atoms with E-state index in [1.54, 1.807) is 7.11 Å². The third kappa shape index (κ3) is 3.16. The molecule has 1 aliphatic carbocycles. The molecule has 0 spiro atoms. The lowest BCUT2D eigenvalue weighted by atomic mass is 9.73. The van der Waals surface area contributed by atoms with Crippen LogP contribution >= 0.6 is 0 Å². The van der Waals surface area contributed by atoms with Crippen molar-refractivity contribution in [1.29, 1.82) is 0 Å². The number of likely N-dealkylation sites (tertiary alicyclic amines) is 1. The zero-order valence-electron chi connectivity index (χ0n) is 13.1. The first kappa shape index (κ1) is 15.0. The number of hydrogen-bond acceptors (Lipinski definition) is 3. The lowest BCUT2D eigenvalue weighted by molar-refractivity contribution is -0.162. The molecule has 0 radical (unpaired) electrons. The fraction of sp³-hybridized carbons (Fsp3) is 0.824. The molecule has 0 bridgehead atoms. The molecule has 3 rings (SSSR count). The molecule has 118 valence electrons. The van der Waals surface area contributed by atoms with E-state index in [4.69, 9.17) is 9.47 Å². The molecule has 1 amide bonds. The first-order chi connectivity index (χ1) is 10.2. The summed E-state index contributed by atoms with van der Waals surface area (Å²) in [6.07, 6.45) is 10.7. The molecule has 2 saturated heterocycles. The zero-order chi connectivity index (χ0) is 14.7. The topological polar surface area (TPSA) is 38.8 Å². The van der Waals surface area contributed by atoms with Gasteiger partial charge in [0.25, 0.3) is 0 Å². The molecule has 2 fully saturated rings. The minimum Gasteiger partial charge on any atom is -0.384 e. The Kier molecular flexibility index (Phi) is 4.65. The number of rotatable bonds is 4. The van der Waals surface area contributed by atoms with Crippen LogP contribution in [-0.4, -0.2) is 50.3 Å². The van der Waals surface area contributed by atoms with Crippen LogP contribution in [0.3, 0.4) is 0 Å². The van der Waals surface area contributed by atoms with Crippen LogP contribution in [0.4, 0.5) is 0 Å². The van der Waals surface area contributed by atoms with Gasteiger partial charge in [0.1, 0.15) is 0 Å². The van der Waals surface area contributed by atoms with E-state index in [9.17, 15) is 4.79 Å². The molecule has 0 saturated carbocycles. The van der Waals surface area contributed by atoms with E-state index in [1.807, 2.05) is 0 Å². The van der Waals surface area contributed by atoms with Gasteiger partial charge < -0.3 is 14.4 Å². The van der Waals surface area contributed by atoms with Crippen LogP contribution in [0.2, 0.25) is 0 Å². The van der Waals surface area contributed by atoms with Crippen molar-refractivity contribution in [3.05, 3.63) is 12.2 Å². The van der Waals surface area contributed by atoms with Crippen molar-refractivity contribution >= 4 is 5.91 Å². The van der Waals surface area contributed by atoms with Gasteiger partial charge in [-0.25, -0.2) is 0 Å². The molecule has 0 aromatic heterocycles. The third-order valence-corrected chi connectivity index (χ3v) is 5.32. The van der Waals surface area contributed by atoms with Crippen molar-refractivity contribution in [3.63, 3.8) is 0 Å². The van der Waals surface area contributed by atoms with Crippen molar-refractivity contribution in [2.75, 3.05) is 33.4 Å². The zero-order valence-corrected chi connectivity index (χ0v) is 13.1. The fourth-order valence-electron chi connectivity index (χ4n) is 4.22. The highest BCUT2D eigenvalue weighted by Gasteiger charge is 2.47. The van der Waals surface area contributed by atoms with Crippen LogP contribution in [0, 0.1) is 11.3 Å². The SMILES string of the molecule is COCC12CCCOC1CCN(C(=O)CC1C=CCC1)C2. The van der Waals surface area contributed by atoms with E-state index in [2.05, 4.69) is 17.1 Å². The van der Waals surface area contributed by atoms with Crippen LogP contribution in [0.15, 0.2) is 12.2 Å². The molecular weight excluding hydrogens is 266 g/mol. The second-order valence-electron chi connectivity index (χ2n) is 6.83. The van der Waals surface area contributed by atoms with Crippen molar-refractivity contribution < 1.29 is 14.3 Å². The fourth-order valence-corrected chi connectivity index (χ4v) is 4.22. The Labute approximate surface area is 127 Å². The molecule has 2 heterocycles. The molecular formula is C17H27NO3. The van der Waals surface area contributed by atoms with Gasteiger partial charge in [-0.2, -0.15) is 0 Å². The van der Waals surface area contributed by atoms with Crippen molar-refractivity contribution in [2.45, 2.75) is 44.6 Å². The lowest BCUT2D eigenvalue weighted by Crippen LogP contribution is -2.58. The minimum absolute atomic E-state index is 0.0203. The largest absolute Gasteiger partial charge is 0.384 e. The maximum Gasteiger partial charge on any atom is 0.223 e. The standard InChI is InChI=1S/C17H27NO3/c1-20-13-17-8-4-10-21-15(17)7-9-18(12-17)16(19)11-14-5-2-3-6-14/h2,5,14-15H,3-4,6-13H2,1H3. The van der Waals surface area contributed by atoms with Crippen LogP contribution in [-0.2, 0) is 14.3 Å². The van der Waals surface area contributed by atoms with E-state index < -0.39 is 0 Å². The summed E-state index contributed by atoms with van der Waals surface area (Å²) in [6, 6.07) is 0. The molecule has 3 aliphatic rings. The Morgan fingerprint density at radius 2 is 2.38 bits per heavy atom. The monoisotopic (exact) mass is 293 g/mol. The number of ether oxygens (including phenoxy) is 2. The second-order valence-corrected chi connectivity index (χ2v) is 6.83. The number of piperidine rings is 1. The molecule has 3 atom stereocenters. The van der Waals surface area contributed by atoms with Crippen LogP contribution < -0.4 is 0 Å². The normalized spacial score (nSPS) is 35.8. The smallest absolute Gasteiger partial charge is 0.223 e. The molecule has 0 aromatic carbocycles. The summed E-state index contributed by atoms with van der Waals surface area (Å²) >= 11 is 0. The van der Waals surface area contributed by atoms with Gasteiger partial charge in [0, 0.05) is 38.6 Å². The molecule has 4 heteroatoms. The van der Waals surface area contributed by atoms with E-state index in [-0.39, 0.29) is 11.5 Å². The summed E-state index contributed by atoms with van der Waals surface area (Å²) in [7, 11) is 1.75. The number of hydrogen-bond donors (Lipinski definition) is 0. The summed E-state index contributed by atoms with van der Waals surface area (Å²) in [6.45, 7) is 3.20. The summed E-state index contributed by atoms with van der Waals surface area (Å²) in [4.78, 5) is 14.7. The van der Waals surface area contributed by atoms with Crippen LogP contribution in [0.1, 0.15) is 38.5 Å². The Balaban J connectivity index is 1.64. The number of allylic oxidation sites excluding steroid dienone is 2. The number of amides is 1. The van der Waals surface area contributed by atoms with Crippen LogP contribution in [0.25, 0.3) is 0 Å². The number of nitrogens with zero attached hydrogens (tertiary/aromatic N) is 1. The minimum atomic E-state index is 0.0203. The lowest BCUT2D eigenvalue weighted by Gasteiger charge is -2.50. The maximum absolute atomic E-state index is 12.6. The Hall–Kier alpha value is -0.870. The maximum atomic E-state index is 12.6. The summed E-state index contributed by atoms with van der Waals surface area (Å²) in [5.41, 5.74) is 0.0203. The predicted octanol–water partition coefficient (Wildman–Crippen LogP) is 2.39. The molecule has 0 N–H and O–H groups in total. The van der Waals surface area contributed by atoms with Crippen molar-refractivity contribution in [3.8, 4) is 0 Å². The van der Waals surface area contributed by atoms with Gasteiger partial charge in [-0.3, -0.25) is 4.79 Å². The van der Waals surface area contributed by atoms with Crippen molar-refractivity contribution in [1.82, 2.24) is 4.90 Å². The number of methoxy groups -OCH3 is 1. The predicted molar refractivity (Wildman–Crippen MR) is 81.0 cm³/mol. The van der Waals surface area contributed by atoms with Gasteiger partial charge in [-0.05, 0) is 38.0 Å². The van der Waals surface area contributed by atoms with Gasteiger partial charge in [-0.1, -0.05) is 12.2 Å². The first-order valence-electron chi connectivity index (χ1n) is 8.28. The van der Waals surface area contributed by atoms with Gasteiger partial charge in [0.2, 0.25) is 5.91 Å². The van der Waals surface area contributed by atoms with E-state index >= 15 is 0 Å². The highest BCUT2D eigenvalue weighted by atomic mass is 16.5. The first-order valence-corrected chi connectivity index (χ1v) is 8.28. The number of carbonyl (C=O) groups excluding carboxylic acids is 1. The second kappa shape index (κ2) is 6.49. The molecule has 0 aromatic rings. The third-order valence-electron chi connectivity index (χ3n) is 5.32. The molecule has 2 aliphatic heterocycles. The summed E-state index contributed by atoms with van der Waals surface area (Å²) in [5.74, 6) is 0.766.